The molecule has 1 atom stereocenters. The summed E-state index contributed by atoms with van der Waals surface area (Å²) in [5.41, 5.74) is 4.91. The zero-order valence-electron chi connectivity index (χ0n) is 12.3. The van der Waals surface area contributed by atoms with Gasteiger partial charge in [-0.3, -0.25) is 4.68 Å². The van der Waals surface area contributed by atoms with E-state index in [0.717, 1.165) is 18.8 Å². The van der Waals surface area contributed by atoms with Crippen molar-refractivity contribution in [1.29, 1.82) is 0 Å². The molecule has 1 unspecified atom stereocenters. The minimum Gasteiger partial charge on any atom is -0.305 e. The van der Waals surface area contributed by atoms with E-state index in [1.807, 2.05) is 0 Å². The number of benzene rings is 1. The molecule has 0 amide bonds. The quantitative estimate of drug-likeness (QED) is 0.891. The molecule has 1 heterocycles. The molecule has 1 N–H and O–H groups in total. The van der Waals surface area contributed by atoms with E-state index in [2.05, 4.69) is 73.1 Å². The fourth-order valence-corrected chi connectivity index (χ4v) is 2.50. The standard InChI is InChI=1S/C16H23N3/c1-5-17-16(14-9-7-8-12(3)10-14)15-11-13(4)18-19(15)6-2/h7-11,16-17H,5-6H2,1-4H3. The summed E-state index contributed by atoms with van der Waals surface area (Å²) < 4.78 is 2.09. The summed E-state index contributed by atoms with van der Waals surface area (Å²) >= 11 is 0. The summed E-state index contributed by atoms with van der Waals surface area (Å²) in [7, 11) is 0. The zero-order chi connectivity index (χ0) is 13.8. The Hall–Kier alpha value is -1.61. The van der Waals surface area contributed by atoms with Gasteiger partial charge in [0.25, 0.3) is 0 Å². The first-order valence-electron chi connectivity index (χ1n) is 7.00. The van der Waals surface area contributed by atoms with Crippen LogP contribution in [0, 0.1) is 13.8 Å². The Labute approximate surface area is 115 Å². The summed E-state index contributed by atoms with van der Waals surface area (Å²) in [6.45, 7) is 10.3. The summed E-state index contributed by atoms with van der Waals surface area (Å²) in [6, 6.07) is 11.1. The molecular formula is C16H23N3. The van der Waals surface area contributed by atoms with Gasteiger partial charge >= 0.3 is 0 Å². The molecule has 2 aromatic rings. The van der Waals surface area contributed by atoms with E-state index >= 15 is 0 Å². The second kappa shape index (κ2) is 6.02. The normalized spacial score (nSPS) is 12.6. The number of rotatable bonds is 5. The highest BCUT2D eigenvalue weighted by molar-refractivity contribution is 5.32. The van der Waals surface area contributed by atoms with Crippen LogP contribution in [0.5, 0.6) is 0 Å². The highest BCUT2D eigenvalue weighted by Gasteiger charge is 2.18. The maximum absolute atomic E-state index is 4.56. The van der Waals surface area contributed by atoms with E-state index in [9.17, 15) is 0 Å². The maximum atomic E-state index is 4.56. The van der Waals surface area contributed by atoms with Gasteiger partial charge in [-0.25, -0.2) is 0 Å². The first-order valence-corrected chi connectivity index (χ1v) is 7.00. The highest BCUT2D eigenvalue weighted by atomic mass is 15.3. The van der Waals surface area contributed by atoms with Crippen LogP contribution in [0.4, 0.5) is 0 Å². The van der Waals surface area contributed by atoms with Gasteiger partial charge in [-0.1, -0.05) is 36.8 Å². The van der Waals surface area contributed by atoms with Crippen LogP contribution in [0.3, 0.4) is 0 Å². The first kappa shape index (κ1) is 13.8. The van der Waals surface area contributed by atoms with Crippen LogP contribution in [0.1, 0.15) is 42.4 Å². The Morgan fingerprint density at radius 1 is 1.21 bits per heavy atom. The molecule has 19 heavy (non-hydrogen) atoms. The minimum atomic E-state index is 0.214. The second-order valence-electron chi connectivity index (χ2n) is 4.93. The van der Waals surface area contributed by atoms with Gasteiger partial charge in [-0.05, 0) is 38.9 Å². The van der Waals surface area contributed by atoms with E-state index in [1.165, 1.54) is 16.8 Å². The lowest BCUT2D eigenvalue weighted by Gasteiger charge is -2.20. The van der Waals surface area contributed by atoms with Gasteiger partial charge in [0.2, 0.25) is 0 Å². The molecule has 0 spiro atoms. The topological polar surface area (TPSA) is 29.9 Å². The SMILES string of the molecule is CCNC(c1cccc(C)c1)c1cc(C)nn1CC. The molecule has 0 aliphatic heterocycles. The Balaban J connectivity index is 2.44. The van der Waals surface area contributed by atoms with Crippen molar-refractivity contribution in [1.82, 2.24) is 15.1 Å². The van der Waals surface area contributed by atoms with E-state index in [4.69, 9.17) is 0 Å². The molecule has 0 aliphatic rings. The van der Waals surface area contributed by atoms with Crippen molar-refractivity contribution in [2.45, 2.75) is 40.3 Å². The third kappa shape index (κ3) is 3.04. The molecule has 0 radical (unpaired) electrons. The van der Waals surface area contributed by atoms with Crippen molar-refractivity contribution in [3.63, 3.8) is 0 Å². The van der Waals surface area contributed by atoms with Crippen LogP contribution < -0.4 is 5.32 Å². The van der Waals surface area contributed by atoms with Crippen molar-refractivity contribution in [2.75, 3.05) is 6.54 Å². The van der Waals surface area contributed by atoms with E-state index in [-0.39, 0.29) is 6.04 Å². The van der Waals surface area contributed by atoms with Crippen LogP contribution in [-0.2, 0) is 6.54 Å². The third-order valence-corrected chi connectivity index (χ3v) is 3.31. The Morgan fingerprint density at radius 3 is 2.63 bits per heavy atom. The summed E-state index contributed by atoms with van der Waals surface area (Å²) in [5, 5.41) is 8.13. The molecular weight excluding hydrogens is 234 g/mol. The molecule has 0 fully saturated rings. The van der Waals surface area contributed by atoms with Gasteiger partial charge in [0, 0.05) is 6.54 Å². The Bertz CT molecular complexity index is 543. The number of nitrogens with zero attached hydrogens (tertiary/aromatic N) is 2. The van der Waals surface area contributed by atoms with Gasteiger partial charge < -0.3 is 5.32 Å². The Morgan fingerprint density at radius 2 is 2.00 bits per heavy atom. The molecule has 0 aliphatic carbocycles. The molecule has 0 saturated heterocycles. The lowest BCUT2D eigenvalue weighted by Crippen LogP contribution is -2.24. The van der Waals surface area contributed by atoms with Crippen LogP contribution in [0.2, 0.25) is 0 Å². The highest BCUT2D eigenvalue weighted by Crippen LogP contribution is 2.23. The third-order valence-electron chi connectivity index (χ3n) is 3.31. The lowest BCUT2D eigenvalue weighted by molar-refractivity contribution is 0.541. The number of aromatic nitrogens is 2. The van der Waals surface area contributed by atoms with Crippen molar-refractivity contribution >= 4 is 0 Å². The molecule has 1 aromatic carbocycles. The van der Waals surface area contributed by atoms with Gasteiger partial charge in [0.15, 0.2) is 0 Å². The average molecular weight is 257 g/mol. The zero-order valence-corrected chi connectivity index (χ0v) is 12.3. The fourth-order valence-electron chi connectivity index (χ4n) is 2.50. The first-order chi connectivity index (χ1) is 9.15. The second-order valence-corrected chi connectivity index (χ2v) is 4.93. The number of nitrogens with one attached hydrogen (secondary N) is 1. The van der Waals surface area contributed by atoms with Crippen molar-refractivity contribution in [3.05, 3.63) is 52.8 Å². The predicted octanol–water partition coefficient (Wildman–Crippen LogP) is 3.22. The summed E-state index contributed by atoms with van der Waals surface area (Å²) in [6.07, 6.45) is 0. The summed E-state index contributed by atoms with van der Waals surface area (Å²) in [5.74, 6) is 0. The largest absolute Gasteiger partial charge is 0.305 e. The van der Waals surface area contributed by atoms with Gasteiger partial charge in [0.1, 0.15) is 0 Å². The average Bonchev–Trinajstić information content (AvgIpc) is 2.77. The fraction of sp³-hybridized carbons (Fsp3) is 0.438. The molecule has 3 nitrogen and oxygen atoms in total. The smallest absolute Gasteiger partial charge is 0.0748 e. The predicted molar refractivity (Wildman–Crippen MR) is 79.3 cm³/mol. The van der Waals surface area contributed by atoms with Crippen LogP contribution >= 0.6 is 0 Å². The summed E-state index contributed by atoms with van der Waals surface area (Å²) in [4.78, 5) is 0. The van der Waals surface area contributed by atoms with Crippen LogP contribution in [0.15, 0.2) is 30.3 Å². The van der Waals surface area contributed by atoms with Gasteiger partial charge in [-0.2, -0.15) is 5.10 Å². The molecule has 102 valence electrons. The molecule has 0 saturated carbocycles. The minimum absolute atomic E-state index is 0.214. The van der Waals surface area contributed by atoms with Crippen molar-refractivity contribution in [3.8, 4) is 0 Å². The van der Waals surface area contributed by atoms with Gasteiger partial charge in [-0.15, -0.1) is 0 Å². The molecule has 1 aromatic heterocycles. The van der Waals surface area contributed by atoms with E-state index < -0.39 is 0 Å². The van der Waals surface area contributed by atoms with E-state index in [1.54, 1.807) is 0 Å². The molecule has 2 rings (SSSR count). The number of aryl methyl sites for hydroxylation is 3. The lowest BCUT2D eigenvalue weighted by atomic mass is 10.0. The van der Waals surface area contributed by atoms with Gasteiger partial charge in [0.05, 0.1) is 17.4 Å². The Kier molecular flexibility index (Phi) is 4.38. The van der Waals surface area contributed by atoms with Crippen LogP contribution in [0.25, 0.3) is 0 Å². The number of hydrogen-bond donors (Lipinski definition) is 1. The van der Waals surface area contributed by atoms with Crippen molar-refractivity contribution < 1.29 is 0 Å². The van der Waals surface area contributed by atoms with Crippen molar-refractivity contribution in [2.24, 2.45) is 0 Å². The number of hydrogen-bond acceptors (Lipinski definition) is 2. The maximum Gasteiger partial charge on any atom is 0.0748 e. The van der Waals surface area contributed by atoms with Crippen LogP contribution in [-0.4, -0.2) is 16.3 Å². The van der Waals surface area contributed by atoms with E-state index in [0.29, 0.717) is 0 Å². The molecule has 3 heteroatoms. The monoisotopic (exact) mass is 257 g/mol. The molecule has 0 bridgehead atoms.